The molecule has 1 atom stereocenters. The Morgan fingerprint density at radius 1 is 1.11 bits per heavy atom. The highest BCUT2D eigenvalue weighted by Gasteiger charge is 2.10. The zero-order chi connectivity index (χ0) is 14.8. The molecular weight excluding hydrogens is 250 g/mol. The number of carboxylic acids is 1. The predicted molar refractivity (Wildman–Crippen MR) is 70.7 cm³/mol. The van der Waals surface area contributed by atoms with Gasteiger partial charge in [0, 0.05) is 12.6 Å². The van der Waals surface area contributed by atoms with Crippen molar-refractivity contribution in [3.05, 3.63) is 0 Å². The van der Waals surface area contributed by atoms with Crippen molar-refractivity contribution in [3.63, 3.8) is 0 Å². The van der Waals surface area contributed by atoms with Crippen LogP contribution >= 0.6 is 0 Å². The molecule has 0 aliphatic carbocycles. The maximum atomic E-state index is 11.3. The van der Waals surface area contributed by atoms with Crippen LogP contribution in [0.5, 0.6) is 0 Å². The summed E-state index contributed by atoms with van der Waals surface area (Å²) >= 11 is 0. The number of carboxylic acid groups (broad SMARTS) is 1. The van der Waals surface area contributed by atoms with Crippen LogP contribution in [0, 0.1) is 5.92 Å². The number of amides is 3. The minimum Gasteiger partial charge on any atom is -0.481 e. The van der Waals surface area contributed by atoms with Gasteiger partial charge in [-0.1, -0.05) is 6.92 Å². The van der Waals surface area contributed by atoms with Gasteiger partial charge in [-0.3, -0.25) is 9.59 Å². The molecule has 4 N–H and O–H groups in total. The Balaban J connectivity index is 3.60. The lowest BCUT2D eigenvalue weighted by atomic mass is 10.1. The van der Waals surface area contributed by atoms with E-state index in [1.807, 2.05) is 13.8 Å². The minimum absolute atomic E-state index is 0.0369. The van der Waals surface area contributed by atoms with Crippen LogP contribution in [0.15, 0.2) is 0 Å². The van der Waals surface area contributed by atoms with Crippen LogP contribution in [0.25, 0.3) is 0 Å². The summed E-state index contributed by atoms with van der Waals surface area (Å²) in [7, 11) is 0. The first-order chi connectivity index (χ1) is 8.82. The fourth-order valence-electron chi connectivity index (χ4n) is 1.33. The van der Waals surface area contributed by atoms with Gasteiger partial charge < -0.3 is 21.1 Å². The van der Waals surface area contributed by atoms with E-state index in [2.05, 4.69) is 16.0 Å². The molecule has 0 bridgehead atoms. The van der Waals surface area contributed by atoms with E-state index in [9.17, 15) is 14.4 Å². The SMILES string of the molecule is CC(C)NC(=O)CNC(=O)NCCCC(C)C(=O)O. The average Bonchev–Trinajstić information content (AvgIpc) is 2.30. The van der Waals surface area contributed by atoms with E-state index >= 15 is 0 Å². The van der Waals surface area contributed by atoms with Crippen molar-refractivity contribution >= 4 is 17.9 Å². The summed E-state index contributed by atoms with van der Waals surface area (Å²) in [5, 5.41) is 16.3. The van der Waals surface area contributed by atoms with Gasteiger partial charge in [-0.05, 0) is 26.7 Å². The van der Waals surface area contributed by atoms with Crippen molar-refractivity contribution in [2.45, 2.75) is 39.7 Å². The Labute approximate surface area is 113 Å². The number of aliphatic carboxylic acids is 1. The van der Waals surface area contributed by atoms with Crippen LogP contribution < -0.4 is 16.0 Å². The summed E-state index contributed by atoms with van der Waals surface area (Å²) in [5.74, 6) is -1.50. The standard InChI is InChI=1S/C12H23N3O4/c1-8(2)15-10(16)7-14-12(19)13-6-4-5-9(3)11(17)18/h8-9H,4-7H2,1-3H3,(H,15,16)(H,17,18)(H2,13,14,19). The molecule has 7 nitrogen and oxygen atoms in total. The van der Waals surface area contributed by atoms with Crippen LogP contribution in [0.4, 0.5) is 4.79 Å². The molecule has 3 amide bonds. The van der Waals surface area contributed by atoms with Gasteiger partial charge in [0.15, 0.2) is 0 Å². The predicted octanol–water partition coefficient (Wildman–Crippen LogP) is 0.311. The fourth-order valence-corrected chi connectivity index (χ4v) is 1.33. The summed E-state index contributed by atoms with van der Waals surface area (Å²) in [5.41, 5.74) is 0. The molecule has 0 saturated carbocycles. The van der Waals surface area contributed by atoms with Gasteiger partial charge in [0.05, 0.1) is 12.5 Å². The molecule has 0 spiro atoms. The first-order valence-corrected chi connectivity index (χ1v) is 6.36. The second-order valence-corrected chi connectivity index (χ2v) is 4.71. The van der Waals surface area contributed by atoms with Gasteiger partial charge in [0.1, 0.15) is 0 Å². The summed E-state index contributed by atoms with van der Waals surface area (Å²) in [6.45, 7) is 5.60. The quantitative estimate of drug-likeness (QED) is 0.477. The Bertz CT molecular complexity index is 318. The molecular formula is C12H23N3O4. The summed E-state index contributed by atoms with van der Waals surface area (Å²) in [6, 6.07) is -0.392. The molecule has 0 fully saturated rings. The molecule has 110 valence electrons. The first kappa shape index (κ1) is 17.2. The van der Waals surface area contributed by atoms with E-state index in [1.165, 1.54) is 0 Å². The lowest BCUT2D eigenvalue weighted by Crippen LogP contribution is -2.43. The molecule has 0 aromatic rings. The molecule has 0 aliphatic rings. The third kappa shape index (κ3) is 9.87. The van der Waals surface area contributed by atoms with E-state index in [0.29, 0.717) is 19.4 Å². The molecule has 0 saturated heterocycles. The summed E-state index contributed by atoms with van der Waals surface area (Å²) in [6.07, 6.45) is 1.09. The molecule has 19 heavy (non-hydrogen) atoms. The van der Waals surface area contributed by atoms with Gasteiger partial charge >= 0.3 is 12.0 Å². The van der Waals surface area contributed by atoms with Crippen LogP contribution in [-0.4, -0.2) is 42.1 Å². The molecule has 0 aliphatic heterocycles. The second-order valence-electron chi connectivity index (χ2n) is 4.71. The molecule has 0 aromatic carbocycles. The van der Waals surface area contributed by atoms with Crippen molar-refractivity contribution in [1.82, 2.24) is 16.0 Å². The van der Waals surface area contributed by atoms with Gasteiger partial charge in [-0.2, -0.15) is 0 Å². The van der Waals surface area contributed by atoms with Crippen molar-refractivity contribution in [1.29, 1.82) is 0 Å². The van der Waals surface area contributed by atoms with E-state index in [0.717, 1.165) is 0 Å². The Morgan fingerprint density at radius 2 is 1.74 bits per heavy atom. The third-order valence-corrected chi connectivity index (χ3v) is 2.38. The average molecular weight is 273 g/mol. The number of nitrogens with one attached hydrogen (secondary N) is 3. The van der Waals surface area contributed by atoms with Gasteiger partial charge in [-0.15, -0.1) is 0 Å². The highest BCUT2D eigenvalue weighted by Crippen LogP contribution is 2.03. The second kappa shape index (κ2) is 9.18. The van der Waals surface area contributed by atoms with E-state index in [1.54, 1.807) is 6.92 Å². The lowest BCUT2D eigenvalue weighted by molar-refractivity contribution is -0.141. The summed E-state index contributed by atoms with van der Waals surface area (Å²) < 4.78 is 0. The Kier molecular flexibility index (Phi) is 8.32. The van der Waals surface area contributed by atoms with E-state index in [4.69, 9.17) is 5.11 Å². The Hall–Kier alpha value is -1.79. The van der Waals surface area contributed by atoms with E-state index in [-0.39, 0.29) is 18.5 Å². The first-order valence-electron chi connectivity index (χ1n) is 6.36. The minimum atomic E-state index is -0.838. The third-order valence-electron chi connectivity index (χ3n) is 2.38. The number of hydrogen-bond acceptors (Lipinski definition) is 3. The molecule has 0 rings (SSSR count). The van der Waals surface area contributed by atoms with E-state index < -0.39 is 17.9 Å². The molecule has 1 unspecified atom stereocenters. The smallest absolute Gasteiger partial charge is 0.315 e. The fraction of sp³-hybridized carbons (Fsp3) is 0.750. The number of carbonyl (C=O) groups excluding carboxylic acids is 2. The molecule has 0 heterocycles. The topological polar surface area (TPSA) is 108 Å². The van der Waals surface area contributed by atoms with Crippen LogP contribution in [0.1, 0.15) is 33.6 Å². The van der Waals surface area contributed by atoms with Gasteiger partial charge in [0.2, 0.25) is 5.91 Å². The van der Waals surface area contributed by atoms with Crippen LogP contribution in [0.3, 0.4) is 0 Å². The Morgan fingerprint density at radius 3 is 2.26 bits per heavy atom. The maximum absolute atomic E-state index is 11.3. The van der Waals surface area contributed by atoms with Crippen molar-refractivity contribution < 1.29 is 19.5 Å². The van der Waals surface area contributed by atoms with Crippen molar-refractivity contribution in [2.75, 3.05) is 13.1 Å². The normalized spacial score (nSPS) is 11.8. The van der Waals surface area contributed by atoms with Gasteiger partial charge in [0.25, 0.3) is 0 Å². The number of rotatable bonds is 8. The zero-order valence-electron chi connectivity index (χ0n) is 11.7. The van der Waals surface area contributed by atoms with Crippen molar-refractivity contribution in [2.24, 2.45) is 5.92 Å². The molecule has 0 aromatic heterocycles. The van der Waals surface area contributed by atoms with Crippen LogP contribution in [-0.2, 0) is 9.59 Å². The molecule has 0 radical (unpaired) electrons. The van der Waals surface area contributed by atoms with Crippen molar-refractivity contribution in [3.8, 4) is 0 Å². The number of carbonyl (C=O) groups is 3. The van der Waals surface area contributed by atoms with Gasteiger partial charge in [-0.25, -0.2) is 4.79 Å². The highest BCUT2D eigenvalue weighted by molar-refractivity contribution is 5.83. The monoisotopic (exact) mass is 273 g/mol. The maximum Gasteiger partial charge on any atom is 0.315 e. The highest BCUT2D eigenvalue weighted by atomic mass is 16.4. The zero-order valence-corrected chi connectivity index (χ0v) is 11.7. The largest absolute Gasteiger partial charge is 0.481 e. The molecule has 7 heteroatoms. The number of urea groups is 1. The summed E-state index contributed by atoms with van der Waals surface area (Å²) in [4.78, 5) is 33.1. The number of hydrogen-bond donors (Lipinski definition) is 4. The van der Waals surface area contributed by atoms with Crippen LogP contribution in [0.2, 0.25) is 0 Å². The lowest BCUT2D eigenvalue weighted by Gasteiger charge is -2.10.